The van der Waals surface area contributed by atoms with Crippen molar-refractivity contribution in [2.24, 2.45) is 0 Å². The number of nitrogens with one attached hydrogen (secondary N) is 1. The van der Waals surface area contributed by atoms with Crippen molar-refractivity contribution in [1.29, 1.82) is 0 Å². The predicted molar refractivity (Wildman–Crippen MR) is 67.0 cm³/mol. The first-order valence-electron chi connectivity index (χ1n) is 6.17. The highest BCUT2D eigenvalue weighted by Gasteiger charge is 2.36. The van der Waals surface area contributed by atoms with Crippen LogP contribution in [0.15, 0.2) is 30.3 Å². The van der Waals surface area contributed by atoms with Crippen LogP contribution in [0, 0.1) is 0 Å². The molecule has 1 N–H and O–H groups in total. The van der Waals surface area contributed by atoms with Gasteiger partial charge >= 0.3 is 0 Å². The molecule has 0 spiro atoms. The number of fused-ring (bicyclic) bond motifs is 1. The molecule has 2 saturated heterocycles. The second-order valence-corrected chi connectivity index (χ2v) is 4.58. The maximum absolute atomic E-state index is 12.4. The summed E-state index contributed by atoms with van der Waals surface area (Å²) in [6.45, 7) is 4.54. The van der Waals surface area contributed by atoms with E-state index in [0.29, 0.717) is 0 Å². The van der Waals surface area contributed by atoms with Gasteiger partial charge in [0, 0.05) is 38.4 Å². The van der Waals surface area contributed by atoms with Crippen LogP contribution >= 0.6 is 0 Å². The minimum atomic E-state index is 0.0257. The molecule has 0 saturated carbocycles. The van der Waals surface area contributed by atoms with Crippen molar-refractivity contribution in [3.8, 4) is 0 Å². The number of hydrogen-bond donors (Lipinski definition) is 1. The van der Waals surface area contributed by atoms with Crippen molar-refractivity contribution < 1.29 is 4.79 Å². The third-order valence-electron chi connectivity index (χ3n) is 3.58. The number of piperazine rings is 2. The van der Waals surface area contributed by atoms with E-state index in [1.165, 1.54) is 0 Å². The molecule has 0 bridgehead atoms. The summed E-state index contributed by atoms with van der Waals surface area (Å²) in [7, 11) is 0. The van der Waals surface area contributed by atoms with E-state index < -0.39 is 0 Å². The van der Waals surface area contributed by atoms with Crippen LogP contribution in [-0.4, -0.2) is 49.6 Å². The number of carbonyl (C=O) groups excluding carboxylic acids is 1. The van der Waals surface area contributed by atoms with Crippen LogP contribution in [-0.2, 0) is 4.79 Å². The molecule has 90 valence electrons. The third-order valence-corrected chi connectivity index (χ3v) is 3.58. The Morgan fingerprint density at radius 1 is 1.12 bits per heavy atom. The van der Waals surface area contributed by atoms with Gasteiger partial charge in [-0.1, -0.05) is 18.2 Å². The van der Waals surface area contributed by atoms with Gasteiger partial charge in [0.05, 0.1) is 0 Å². The average molecular weight is 231 g/mol. The van der Waals surface area contributed by atoms with E-state index in [4.69, 9.17) is 0 Å². The molecule has 0 aliphatic carbocycles. The van der Waals surface area contributed by atoms with Gasteiger partial charge in [0.25, 0.3) is 0 Å². The van der Waals surface area contributed by atoms with E-state index in [9.17, 15) is 4.79 Å². The molecular weight excluding hydrogens is 214 g/mol. The highest BCUT2D eigenvalue weighted by Crippen LogP contribution is 2.20. The molecule has 2 heterocycles. The first-order valence-corrected chi connectivity index (χ1v) is 6.17. The molecule has 1 unspecified atom stereocenters. The highest BCUT2D eigenvalue weighted by molar-refractivity contribution is 5.98. The lowest BCUT2D eigenvalue weighted by atomic mass is 10.1. The highest BCUT2D eigenvalue weighted by atomic mass is 16.2. The van der Waals surface area contributed by atoms with Crippen LogP contribution in [0.5, 0.6) is 0 Å². The number of anilines is 1. The monoisotopic (exact) mass is 231 g/mol. The summed E-state index contributed by atoms with van der Waals surface area (Å²) in [6, 6.07) is 9.97. The Morgan fingerprint density at radius 2 is 1.94 bits per heavy atom. The van der Waals surface area contributed by atoms with Crippen LogP contribution in [0.2, 0.25) is 0 Å². The lowest BCUT2D eigenvalue weighted by Gasteiger charge is -2.43. The van der Waals surface area contributed by atoms with Gasteiger partial charge in [-0.05, 0) is 12.1 Å². The van der Waals surface area contributed by atoms with E-state index in [1.54, 1.807) is 0 Å². The molecule has 1 aromatic rings. The lowest BCUT2D eigenvalue weighted by Crippen LogP contribution is -2.64. The van der Waals surface area contributed by atoms with Gasteiger partial charge in [-0.2, -0.15) is 0 Å². The largest absolute Gasteiger partial charge is 0.313 e. The average Bonchev–Trinajstić information content (AvgIpc) is 2.40. The molecule has 4 nitrogen and oxygen atoms in total. The smallest absolute Gasteiger partial charge is 0.245 e. The normalized spacial score (nSPS) is 25.8. The second kappa shape index (κ2) is 4.47. The minimum Gasteiger partial charge on any atom is -0.313 e. The van der Waals surface area contributed by atoms with Crippen molar-refractivity contribution >= 4 is 11.6 Å². The maximum Gasteiger partial charge on any atom is 0.245 e. The molecule has 3 rings (SSSR count). The molecule has 2 fully saturated rings. The molecule has 2 aliphatic heterocycles. The fraction of sp³-hybridized carbons (Fsp3) is 0.462. The predicted octanol–water partition coefficient (Wildman–Crippen LogP) is 0.307. The lowest BCUT2D eigenvalue weighted by molar-refractivity contribution is -0.126. The van der Waals surface area contributed by atoms with Gasteiger partial charge in [-0.25, -0.2) is 0 Å². The summed E-state index contributed by atoms with van der Waals surface area (Å²) < 4.78 is 0. The van der Waals surface area contributed by atoms with Gasteiger partial charge < -0.3 is 10.2 Å². The van der Waals surface area contributed by atoms with E-state index in [1.807, 2.05) is 35.2 Å². The zero-order chi connectivity index (χ0) is 11.7. The first kappa shape index (κ1) is 10.7. The Hall–Kier alpha value is -1.39. The summed E-state index contributed by atoms with van der Waals surface area (Å²) in [5, 5.41) is 3.30. The Labute approximate surface area is 101 Å². The van der Waals surface area contributed by atoms with Crippen LogP contribution in [0.4, 0.5) is 5.69 Å². The molecule has 2 aliphatic rings. The molecule has 4 heteroatoms. The Balaban J connectivity index is 1.82. The topological polar surface area (TPSA) is 35.6 Å². The van der Waals surface area contributed by atoms with Gasteiger partial charge in [0.15, 0.2) is 0 Å². The number of para-hydroxylation sites is 1. The maximum atomic E-state index is 12.4. The van der Waals surface area contributed by atoms with E-state index in [-0.39, 0.29) is 11.9 Å². The number of carbonyl (C=O) groups is 1. The van der Waals surface area contributed by atoms with Crippen LogP contribution in [0.1, 0.15) is 0 Å². The standard InChI is InChI=1S/C13H17N3O/c17-13-12-10-14-6-7-15(12)8-9-16(13)11-4-2-1-3-5-11/h1-5,12,14H,6-10H2. The number of rotatable bonds is 1. The Morgan fingerprint density at radius 3 is 2.76 bits per heavy atom. The quantitative estimate of drug-likeness (QED) is 0.755. The first-order chi connectivity index (χ1) is 8.36. The molecule has 1 aromatic carbocycles. The summed E-state index contributed by atoms with van der Waals surface area (Å²) in [5.74, 6) is 0.231. The fourth-order valence-electron chi connectivity index (χ4n) is 2.64. The molecule has 0 aromatic heterocycles. The Bertz CT molecular complexity index is 406. The van der Waals surface area contributed by atoms with E-state index in [0.717, 1.165) is 38.4 Å². The van der Waals surface area contributed by atoms with Crippen molar-refractivity contribution in [2.75, 3.05) is 37.6 Å². The molecule has 1 amide bonds. The Kier molecular flexibility index (Phi) is 2.82. The molecule has 1 atom stereocenters. The molecule has 0 radical (unpaired) electrons. The summed E-state index contributed by atoms with van der Waals surface area (Å²) >= 11 is 0. The van der Waals surface area contributed by atoms with E-state index in [2.05, 4.69) is 10.2 Å². The van der Waals surface area contributed by atoms with Gasteiger partial charge in [0.1, 0.15) is 6.04 Å². The van der Waals surface area contributed by atoms with Crippen LogP contribution in [0.25, 0.3) is 0 Å². The third kappa shape index (κ3) is 1.94. The van der Waals surface area contributed by atoms with Gasteiger partial charge in [-0.15, -0.1) is 0 Å². The van der Waals surface area contributed by atoms with Crippen molar-refractivity contribution in [3.05, 3.63) is 30.3 Å². The zero-order valence-electron chi connectivity index (χ0n) is 9.80. The number of hydrogen-bond acceptors (Lipinski definition) is 3. The SMILES string of the molecule is O=C1C2CNCCN2CCN1c1ccccc1. The number of benzene rings is 1. The summed E-state index contributed by atoms with van der Waals surface area (Å²) in [5.41, 5.74) is 1.02. The fourth-order valence-corrected chi connectivity index (χ4v) is 2.64. The minimum absolute atomic E-state index is 0.0257. The summed E-state index contributed by atoms with van der Waals surface area (Å²) in [4.78, 5) is 16.6. The number of amides is 1. The molecular formula is C13H17N3O. The van der Waals surface area contributed by atoms with Gasteiger partial charge in [0.2, 0.25) is 5.91 Å². The van der Waals surface area contributed by atoms with Crippen molar-refractivity contribution in [2.45, 2.75) is 6.04 Å². The van der Waals surface area contributed by atoms with Gasteiger partial charge in [-0.3, -0.25) is 9.69 Å². The van der Waals surface area contributed by atoms with Crippen molar-refractivity contribution in [3.63, 3.8) is 0 Å². The van der Waals surface area contributed by atoms with Crippen LogP contribution < -0.4 is 10.2 Å². The zero-order valence-corrected chi connectivity index (χ0v) is 9.80. The summed E-state index contributed by atoms with van der Waals surface area (Å²) in [6.07, 6.45) is 0. The second-order valence-electron chi connectivity index (χ2n) is 4.58. The molecule has 17 heavy (non-hydrogen) atoms. The van der Waals surface area contributed by atoms with Crippen molar-refractivity contribution in [1.82, 2.24) is 10.2 Å². The van der Waals surface area contributed by atoms with E-state index >= 15 is 0 Å². The van der Waals surface area contributed by atoms with Crippen LogP contribution in [0.3, 0.4) is 0 Å². The number of nitrogens with zero attached hydrogens (tertiary/aromatic N) is 2.